The van der Waals surface area contributed by atoms with Crippen LogP contribution in [0.25, 0.3) is 0 Å². The summed E-state index contributed by atoms with van der Waals surface area (Å²) in [6.07, 6.45) is 1.54. The van der Waals surface area contributed by atoms with Gasteiger partial charge in [0, 0.05) is 13.3 Å². The van der Waals surface area contributed by atoms with Crippen LogP contribution in [0.1, 0.15) is 39.5 Å². The highest BCUT2D eigenvalue weighted by atomic mass is 16.6. The van der Waals surface area contributed by atoms with Gasteiger partial charge in [-0.05, 0) is 12.8 Å². The molecule has 0 aliphatic carbocycles. The van der Waals surface area contributed by atoms with Crippen LogP contribution in [0, 0.1) is 0 Å². The van der Waals surface area contributed by atoms with E-state index in [0.29, 0.717) is 12.8 Å². The molecule has 1 atom stereocenters. The molecule has 4 nitrogen and oxygen atoms in total. The molecule has 0 aromatic heterocycles. The number of carbonyl (C=O) groups is 2. The second kappa shape index (κ2) is 6.60. The smallest absolute Gasteiger partial charge is 0.313 e. The number of aliphatic hydroxyl groups is 1. The molecule has 4 heteroatoms. The Hall–Kier alpha value is -0.900. The maximum absolute atomic E-state index is 10.8. The van der Waals surface area contributed by atoms with Crippen LogP contribution >= 0.6 is 0 Å². The average molecular weight is 188 g/mol. The minimum atomic E-state index is -0.602. The summed E-state index contributed by atoms with van der Waals surface area (Å²) >= 11 is 0. The second-order valence-corrected chi connectivity index (χ2v) is 2.95. The van der Waals surface area contributed by atoms with Gasteiger partial charge >= 0.3 is 11.9 Å². The van der Waals surface area contributed by atoms with Crippen LogP contribution in [-0.4, -0.2) is 23.1 Å². The molecule has 0 aromatic carbocycles. The van der Waals surface area contributed by atoms with Crippen molar-refractivity contribution in [1.82, 2.24) is 0 Å². The quantitative estimate of drug-likeness (QED) is 0.516. The molecular weight excluding hydrogens is 172 g/mol. The van der Waals surface area contributed by atoms with Gasteiger partial charge in [-0.15, -0.1) is 0 Å². The molecule has 0 fully saturated rings. The molecule has 0 rings (SSSR count). The van der Waals surface area contributed by atoms with Gasteiger partial charge in [-0.1, -0.05) is 13.3 Å². The number of hydrogen-bond acceptors (Lipinski definition) is 4. The van der Waals surface area contributed by atoms with Crippen molar-refractivity contribution >= 4 is 11.9 Å². The van der Waals surface area contributed by atoms with Crippen molar-refractivity contribution in [2.75, 3.05) is 0 Å². The fraction of sp³-hybridized carbons (Fsp3) is 0.778. The van der Waals surface area contributed by atoms with Crippen molar-refractivity contribution in [3.05, 3.63) is 0 Å². The third-order valence-corrected chi connectivity index (χ3v) is 1.56. The lowest BCUT2D eigenvalue weighted by Gasteiger charge is -2.07. The molecule has 1 unspecified atom stereocenters. The molecule has 0 bridgehead atoms. The third kappa shape index (κ3) is 7.46. The fourth-order valence-electron chi connectivity index (χ4n) is 0.973. The summed E-state index contributed by atoms with van der Waals surface area (Å²) in [6.45, 7) is 3.14. The van der Waals surface area contributed by atoms with E-state index >= 15 is 0 Å². The van der Waals surface area contributed by atoms with Gasteiger partial charge in [0.15, 0.2) is 0 Å². The van der Waals surface area contributed by atoms with E-state index in [9.17, 15) is 14.7 Å². The summed E-state index contributed by atoms with van der Waals surface area (Å²) in [5.41, 5.74) is 0. The number of hydrogen-bond donors (Lipinski definition) is 1. The van der Waals surface area contributed by atoms with Crippen LogP contribution in [0.2, 0.25) is 0 Å². The highest BCUT2D eigenvalue weighted by Gasteiger charge is 2.09. The molecule has 76 valence electrons. The standard InChI is InChI=1S/C9H16O4/c1-3-4-8(11)5-6-9(12)13-7(2)10/h8,11H,3-6H2,1-2H3. The van der Waals surface area contributed by atoms with Gasteiger partial charge in [0.2, 0.25) is 0 Å². The average Bonchev–Trinajstić information content (AvgIpc) is 2.00. The first kappa shape index (κ1) is 12.1. The zero-order chi connectivity index (χ0) is 10.3. The highest BCUT2D eigenvalue weighted by Crippen LogP contribution is 2.04. The molecule has 0 spiro atoms. The Morgan fingerprint density at radius 3 is 2.46 bits per heavy atom. The van der Waals surface area contributed by atoms with Crippen molar-refractivity contribution in [3.8, 4) is 0 Å². The molecule has 0 amide bonds. The van der Waals surface area contributed by atoms with Crippen molar-refractivity contribution in [2.45, 2.75) is 45.6 Å². The van der Waals surface area contributed by atoms with Crippen LogP contribution in [-0.2, 0) is 14.3 Å². The molecule has 1 N–H and O–H groups in total. The zero-order valence-corrected chi connectivity index (χ0v) is 8.08. The van der Waals surface area contributed by atoms with Crippen LogP contribution in [0.15, 0.2) is 0 Å². The molecule has 13 heavy (non-hydrogen) atoms. The summed E-state index contributed by atoms with van der Waals surface area (Å²) in [5.74, 6) is -1.17. The van der Waals surface area contributed by atoms with Gasteiger partial charge in [-0.25, -0.2) is 0 Å². The molecule has 0 aliphatic rings. The van der Waals surface area contributed by atoms with Crippen molar-refractivity contribution < 1.29 is 19.4 Å². The van der Waals surface area contributed by atoms with Gasteiger partial charge < -0.3 is 9.84 Å². The Bertz CT molecular complexity index is 176. The molecule has 0 aromatic rings. The molecule has 0 saturated carbocycles. The fourth-order valence-corrected chi connectivity index (χ4v) is 0.973. The highest BCUT2D eigenvalue weighted by molar-refractivity contribution is 5.83. The predicted molar refractivity (Wildman–Crippen MR) is 46.9 cm³/mol. The monoisotopic (exact) mass is 188 g/mol. The lowest BCUT2D eigenvalue weighted by atomic mass is 10.1. The molecule has 0 radical (unpaired) electrons. The summed E-state index contributed by atoms with van der Waals surface area (Å²) in [4.78, 5) is 21.1. The molecule has 0 heterocycles. The number of esters is 2. The van der Waals surface area contributed by atoms with Crippen molar-refractivity contribution in [1.29, 1.82) is 0 Å². The SMILES string of the molecule is CCCC(O)CCC(=O)OC(C)=O. The summed E-state index contributed by atoms with van der Waals surface area (Å²) in [6, 6.07) is 0. The van der Waals surface area contributed by atoms with Crippen LogP contribution in [0.3, 0.4) is 0 Å². The minimum Gasteiger partial charge on any atom is -0.393 e. The number of ether oxygens (including phenoxy) is 1. The van der Waals surface area contributed by atoms with Gasteiger partial charge in [0.1, 0.15) is 0 Å². The topological polar surface area (TPSA) is 63.6 Å². The van der Waals surface area contributed by atoms with Crippen LogP contribution in [0.4, 0.5) is 0 Å². The summed E-state index contributed by atoms with van der Waals surface area (Å²) in [5, 5.41) is 9.24. The minimum absolute atomic E-state index is 0.0980. The first-order chi connectivity index (χ1) is 6.06. The van der Waals surface area contributed by atoms with E-state index in [2.05, 4.69) is 4.74 Å². The second-order valence-electron chi connectivity index (χ2n) is 2.95. The first-order valence-corrected chi connectivity index (χ1v) is 4.45. The lowest BCUT2D eigenvalue weighted by molar-refractivity contribution is -0.158. The first-order valence-electron chi connectivity index (χ1n) is 4.45. The molecular formula is C9H16O4. The molecule has 0 saturated heterocycles. The maximum atomic E-state index is 10.8. The number of rotatable bonds is 5. The number of aliphatic hydroxyl groups excluding tert-OH is 1. The summed E-state index contributed by atoms with van der Waals surface area (Å²) in [7, 11) is 0. The van der Waals surface area contributed by atoms with Gasteiger partial charge in [0.25, 0.3) is 0 Å². The summed E-state index contributed by atoms with van der Waals surface area (Å²) < 4.78 is 4.29. The van der Waals surface area contributed by atoms with E-state index < -0.39 is 18.0 Å². The van der Waals surface area contributed by atoms with Crippen LogP contribution < -0.4 is 0 Å². The Labute approximate surface area is 77.9 Å². The van der Waals surface area contributed by atoms with Crippen molar-refractivity contribution in [2.24, 2.45) is 0 Å². The van der Waals surface area contributed by atoms with E-state index in [4.69, 9.17) is 0 Å². The van der Waals surface area contributed by atoms with E-state index in [1.165, 1.54) is 6.92 Å². The predicted octanol–water partition coefficient (Wildman–Crippen LogP) is 1.02. The zero-order valence-electron chi connectivity index (χ0n) is 8.08. The Kier molecular flexibility index (Phi) is 6.14. The van der Waals surface area contributed by atoms with E-state index in [1.54, 1.807) is 0 Å². The van der Waals surface area contributed by atoms with E-state index in [1.807, 2.05) is 6.92 Å². The normalized spacial score (nSPS) is 12.2. The molecule has 0 aliphatic heterocycles. The third-order valence-electron chi connectivity index (χ3n) is 1.56. The Balaban J connectivity index is 3.51. The Morgan fingerprint density at radius 1 is 1.38 bits per heavy atom. The van der Waals surface area contributed by atoms with Gasteiger partial charge in [-0.2, -0.15) is 0 Å². The van der Waals surface area contributed by atoms with Crippen molar-refractivity contribution in [3.63, 3.8) is 0 Å². The van der Waals surface area contributed by atoms with Gasteiger partial charge in [-0.3, -0.25) is 9.59 Å². The largest absolute Gasteiger partial charge is 0.393 e. The van der Waals surface area contributed by atoms with E-state index in [-0.39, 0.29) is 6.42 Å². The van der Waals surface area contributed by atoms with Gasteiger partial charge in [0.05, 0.1) is 6.10 Å². The maximum Gasteiger partial charge on any atom is 0.313 e. The lowest BCUT2D eigenvalue weighted by Crippen LogP contribution is -2.13. The van der Waals surface area contributed by atoms with Crippen LogP contribution in [0.5, 0.6) is 0 Å². The Morgan fingerprint density at radius 2 is 2.00 bits per heavy atom. The number of carbonyl (C=O) groups excluding carboxylic acids is 2. The van der Waals surface area contributed by atoms with E-state index in [0.717, 1.165) is 6.42 Å².